The summed E-state index contributed by atoms with van der Waals surface area (Å²) in [5.41, 5.74) is 2.29. The Bertz CT molecular complexity index is 407. The summed E-state index contributed by atoms with van der Waals surface area (Å²) in [5, 5.41) is 1.82. The zero-order valence-electron chi connectivity index (χ0n) is 9.83. The van der Waals surface area contributed by atoms with Gasteiger partial charge in [-0.1, -0.05) is 0 Å². The Morgan fingerprint density at radius 3 is 3.29 bits per heavy atom. The van der Waals surface area contributed by atoms with Gasteiger partial charge in [0.05, 0.1) is 17.7 Å². The number of aromatic nitrogens is 1. The molecule has 4 nitrogen and oxygen atoms in total. The average molecular weight is 252 g/mol. The lowest BCUT2D eigenvalue weighted by Gasteiger charge is -2.33. The number of ether oxygens (including phenoxy) is 1. The van der Waals surface area contributed by atoms with Crippen LogP contribution in [0.2, 0.25) is 0 Å². The lowest BCUT2D eigenvalue weighted by molar-refractivity contribution is 0.00852. The van der Waals surface area contributed by atoms with Gasteiger partial charge in [-0.25, -0.2) is 4.98 Å². The molecule has 3 rings (SSSR count). The van der Waals surface area contributed by atoms with Gasteiger partial charge in [-0.15, -0.1) is 11.3 Å². The topological polar surface area (TPSA) is 42.4 Å². The number of nitrogens with zero attached hydrogens (tertiary/aromatic N) is 2. The number of carbonyl (C=O) groups is 1. The predicted molar refractivity (Wildman–Crippen MR) is 65.1 cm³/mol. The summed E-state index contributed by atoms with van der Waals surface area (Å²) in [6, 6.07) is 0. The van der Waals surface area contributed by atoms with Crippen LogP contribution in [-0.2, 0) is 4.74 Å². The summed E-state index contributed by atoms with van der Waals surface area (Å²) < 4.78 is 5.83. The number of piperidine rings is 1. The first-order valence-electron chi connectivity index (χ1n) is 6.07. The van der Waals surface area contributed by atoms with Crippen LogP contribution in [0.1, 0.15) is 30.3 Å². The van der Waals surface area contributed by atoms with Gasteiger partial charge in [-0.05, 0) is 19.8 Å². The number of fused-ring (bicyclic) bond motifs is 1. The molecule has 92 valence electrons. The molecule has 0 spiro atoms. The fourth-order valence-electron chi connectivity index (χ4n) is 2.86. The molecule has 0 aromatic carbocycles. The Kier molecular flexibility index (Phi) is 2.88. The molecule has 1 aromatic heterocycles. The van der Waals surface area contributed by atoms with Crippen molar-refractivity contribution in [3.8, 4) is 0 Å². The molecule has 2 saturated heterocycles. The van der Waals surface area contributed by atoms with E-state index in [1.165, 1.54) is 11.3 Å². The monoisotopic (exact) mass is 252 g/mol. The molecule has 0 radical (unpaired) electrons. The molecule has 2 aliphatic rings. The zero-order chi connectivity index (χ0) is 11.8. The largest absolute Gasteiger partial charge is 0.375 e. The Morgan fingerprint density at radius 1 is 1.65 bits per heavy atom. The van der Waals surface area contributed by atoms with E-state index in [1.807, 2.05) is 10.3 Å². The third-order valence-corrected chi connectivity index (χ3v) is 4.23. The number of amides is 1. The van der Waals surface area contributed by atoms with E-state index in [9.17, 15) is 4.79 Å². The Labute approximate surface area is 105 Å². The van der Waals surface area contributed by atoms with Crippen molar-refractivity contribution in [2.75, 3.05) is 13.1 Å². The zero-order valence-corrected chi connectivity index (χ0v) is 10.7. The molecule has 0 unspecified atom stereocenters. The smallest absolute Gasteiger partial charge is 0.273 e. The average Bonchev–Trinajstić information content (AvgIpc) is 2.94. The van der Waals surface area contributed by atoms with Crippen LogP contribution in [-0.4, -0.2) is 41.1 Å². The van der Waals surface area contributed by atoms with Crippen LogP contribution in [0.15, 0.2) is 10.9 Å². The number of thiazole rings is 1. The molecule has 17 heavy (non-hydrogen) atoms. The molecule has 1 aromatic rings. The van der Waals surface area contributed by atoms with Gasteiger partial charge in [0.1, 0.15) is 5.69 Å². The van der Waals surface area contributed by atoms with Crippen LogP contribution < -0.4 is 0 Å². The molecular formula is C12H16N2O2S. The summed E-state index contributed by atoms with van der Waals surface area (Å²) >= 11 is 1.47. The van der Waals surface area contributed by atoms with Crippen molar-refractivity contribution >= 4 is 17.2 Å². The quantitative estimate of drug-likeness (QED) is 0.765. The van der Waals surface area contributed by atoms with Crippen molar-refractivity contribution < 1.29 is 9.53 Å². The standard InChI is InChI=1S/C12H16N2O2S/c1-8-4-9-5-14(3-2-11(9)16-8)12(15)10-6-17-7-13-10/h6-9,11H,2-5H2,1H3/t8-,9-,11+/m1/s1. The molecule has 5 heteroatoms. The molecule has 0 bridgehead atoms. The predicted octanol–water partition coefficient (Wildman–Crippen LogP) is 1.78. The van der Waals surface area contributed by atoms with Gasteiger partial charge in [0.2, 0.25) is 0 Å². The lowest BCUT2D eigenvalue weighted by Crippen LogP contribution is -2.44. The van der Waals surface area contributed by atoms with Crippen molar-refractivity contribution in [2.45, 2.75) is 32.0 Å². The molecule has 0 saturated carbocycles. The van der Waals surface area contributed by atoms with E-state index in [0.29, 0.717) is 23.8 Å². The van der Waals surface area contributed by atoms with Gasteiger partial charge < -0.3 is 9.64 Å². The molecular weight excluding hydrogens is 236 g/mol. The van der Waals surface area contributed by atoms with E-state index in [1.54, 1.807) is 5.51 Å². The molecule has 0 N–H and O–H groups in total. The van der Waals surface area contributed by atoms with Crippen LogP contribution in [0.25, 0.3) is 0 Å². The highest BCUT2D eigenvalue weighted by Gasteiger charge is 2.38. The maximum atomic E-state index is 12.2. The van der Waals surface area contributed by atoms with E-state index < -0.39 is 0 Å². The minimum absolute atomic E-state index is 0.0734. The molecule has 1 amide bonds. The second-order valence-corrected chi connectivity index (χ2v) is 5.61. The summed E-state index contributed by atoms with van der Waals surface area (Å²) in [6.45, 7) is 3.74. The highest BCUT2D eigenvalue weighted by molar-refractivity contribution is 7.07. The van der Waals surface area contributed by atoms with Crippen LogP contribution >= 0.6 is 11.3 Å². The Balaban J connectivity index is 1.69. The van der Waals surface area contributed by atoms with Crippen LogP contribution in [0.5, 0.6) is 0 Å². The number of hydrogen-bond donors (Lipinski definition) is 0. The SMILES string of the molecule is C[C@@H]1C[C@@H]2CN(C(=O)c3cscn3)CC[C@@H]2O1. The molecule has 0 aliphatic carbocycles. The first-order chi connectivity index (χ1) is 8.24. The number of hydrogen-bond acceptors (Lipinski definition) is 4. The van der Waals surface area contributed by atoms with Crippen LogP contribution in [0.3, 0.4) is 0 Å². The summed E-state index contributed by atoms with van der Waals surface area (Å²) in [5.74, 6) is 0.589. The van der Waals surface area contributed by atoms with E-state index in [-0.39, 0.29) is 5.91 Å². The summed E-state index contributed by atoms with van der Waals surface area (Å²) in [6.07, 6.45) is 2.75. The number of likely N-dealkylation sites (tertiary alicyclic amines) is 1. The van der Waals surface area contributed by atoms with Gasteiger partial charge in [-0.3, -0.25) is 4.79 Å². The third-order valence-electron chi connectivity index (χ3n) is 3.64. The first-order valence-corrected chi connectivity index (χ1v) is 7.01. The highest BCUT2D eigenvalue weighted by atomic mass is 32.1. The fraction of sp³-hybridized carbons (Fsp3) is 0.667. The molecule has 3 atom stereocenters. The highest BCUT2D eigenvalue weighted by Crippen LogP contribution is 2.32. The molecule has 2 fully saturated rings. The normalized spacial score (nSPS) is 32.5. The minimum Gasteiger partial charge on any atom is -0.375 e. The van der Waals surface area contributed by atoms with Gasteiger partial charge in [0, 0.05) is 24.4 Å². The first kappa shape index (κ1) is 11.2. The van der Waals surface area contributed by atoms with Crippen molar-refractivity contribution in [1.29, 1.82) is 0 Å². The second-order valence-electron chi connectivity index (χ2n) is 4.89. The lowest BCUT2D eigenvalue weighted by atomic mass is 9.93. The van der Waals surface area contributed by atoms with Crippen molar-refractivity contribution in [2.24, 2.45) is 5.92 Å². The number of rotatable bonds is 1. The molecule has 3 heterocycles. The van der Waals surface area contributed by atoms with Crippen LogP contribution in [0, 0.1) is 5.92 Å². The number of carbonyl (C=O) groups excluding carboxylic acids is 1. The summed E-state index contributed by atoms with van der Waals surface area (Å²) in [7, 11) is 0. The summed E-state index contributed by atoms with van der Waals surface area (Å²) in [4.78, 5) is 18.2. The van der Waals surface area contributed by atoms with Crippen molar-refractivity contribution in [3.05, 3.63) is 16.6 Å². The Hall–Kier alpha value is -0.940. The van der Waals surface area contributed by atoms with Gasteiger partial charge >= 0.3 is 0 Å². The third kappa shape index (κ3) is 2.09. The van der Waals surface area contributed by atoms with Crippen molar-refractivity contribution in [3.63, 3.8) is 0 Å². The van der Waals surface area contributed by atoms with Crippen LogP contribution in [0.4, 0.5) is 0 Å². The molecule has 2 aliphatic heterocycles. The van der Waals surface area contributed by atoms with Crippen molar-refractivity contribution in [1.82, 2.24) is 9.88 Å². The maximum absolute atomic E-state index is 12.2. The van der Waals surface area contributed by atoms with Gasteiger partial charge in [0.25, 0.3) is 5.91 Å². The maximum Gasteiger partial charge on any atom is 0.273 e. The van der Waals surface area contributed by atoms with Gasteiger partial charge in [-0.2, -0.15) is 0 Å². The Morgan fingerprint density at radius 2 is 2.53 bits per heavy atom. The van der Waals surface area contributed by atoms with Gasteiger partial charge in [0.15, 0.2) is 0 Å². The van der Waals surface area contributed by atoms with E-state index in [2.05, 4.69) is 11.9 Å². The minimum atomic E-state index is 0.0734. The second kappa shape index (κ2) is 4.38. The van der Waals surface area contributed by atoms with E-state index in [0.717, 1.165) is 25.9 Å². The van der Waals surface area contributed by atoms with E-state index in [4.69, 9.17) is 4.74 Å². The fourth-order valence-corrected chi connectivity index (χ4v) is 3.39. The van der Waals surface area contributed by atoms with E-state index >= 15 is 0 Å².